The van der Waals surface area contributed by atoms with E-state index >= 15 is 0 Å². The molecule has 0 radical (unpaired) electrons. The van der Waals surface area contributed by atoms with E-state index in [9.17, 15) is 28.6 Å². The number of carbonyl (C=O) groups is 4. The normalized spacial score (nSPS) is 13.6. The first-order valence-electron chi connectivity index (χ1n) is 22.6. The van der Waals surface area contributed by atoms with Crippen LogP contribution in [0.15, 0.2) is 0 Å². The molecular weight excluding hydrogens is 751 g/mol. The first-order valence-corrected chi connectivity index (χ1v) is 24.1. The zero-order valence-electron chi connectivity index (χ0n) is 36.9. The Kier molecular flexibility index (Phi) is 35.7. The number of phosphoric acid groups is 1. The van der Waals surface area contributed by atoms with E-state index in [1.54, 1.807) is 0 Å². The molecule has 0 rings (SSSR count). The predicted octanol–water partition coefficient (Wildman–Crippen LogP) is 11.5. The summed E-state index contributed by atoms with van der Waals surface area (Å²) in [6.07, 6.45) is 23.5. The minimum atomic E-state index is -4.78. The lowest BCUT2D eigenvalue weighted by molar-refractivity contribution is -0.162. The molecule has 0 aromatic carbocycles. The fraction of sp³-hybridized carbons (Fsp3) is 0.909. The Balaban J connectivity index is 5.04. The van der Waals surface area contributed by atoms with Gasteiger partial charge in [-0.3, -0.25) is 28.2 Å². The second-order valence-electron chi connectivity index (χ2n) is 16.4. The molecule has 336 valence electrons. The Morgan fingerprint density at radius 3 is 1.14 bits per heavy atom. The smallest absolute Gasteiger partial charge is 0.462 e. The average Bonchev–Trinajstić information content (AvgIpc) is 3.14. The molecule has 0 fully saturated rings. The van der Waals surface area contributed by atoms with Crippen molar-refractivity contribution in [3.05, 3.63) is 0 Å². The summed E-state index contributed by atoms with van der Waals surface area (Å²) in [5, 5.41) is 0. The molecule has 0 saturated carbocycles. The van der Waals surface area contributed by atoms with E-state index in [0.29, 0.717) is 12.8 Å². The van der Waals surface area contributed by atoms with Gasteiger partial charge in [-0.25, -0.2) is 4.57 Å². The summed E-state index contributed by atoms with van der Waals surface area (Å²) in [6, 6.07) is 0. The Morgan fingerprint density at radius 1 is 0.439 bits per heavy atom. The maximum atomic E-state index is 12.9. The number of hydrogen-bond acceptors (Lipinski definition) is 11. The van der Waals surface area contributed by atoms with Gasteiger partial charge in [0.15, 0.2) is 12.2 Å². The van der Waals surface area contributed by atoms with Gasteiger partial charge in [0.25, 0.3) is 0 Å². The van der Waals surface area contributed by atoms with Crippen LogP contribution >= 0.6 is 7.82 Å². The molecule has 0 aromatic rings. The maximum Gasteiger partial charge on any atom is 0.472 e. The van der Waals surface area contributed by atoms with Crippen LogP contribution in [0.2, 0.25) is 0 Å². The van der Waals surface area contributed by atoms with Crippen LogP contribution in [0.25, 0.3) is 0 Å². The number of hydrogen-bond donors (Lipinski definition) is 1. The molecule has 0 amide bonds. The number of rotatable bonds is 40. The highest BCUT2D eigenvalue weighted by Gasteiger charge is 2.29. The van der Waals surface area contributed by atoms with E-state index < -0.39 is 57.1 Å². The van der Waals surface area contributed by atoms with Gasteiger partial charge in [-0.05, 0) is 24.7 Å². The Hall–Kier alpha value is -2.01. The quantitative estimate of drug-likeness (QED) is 0.0270. The van der Waals surface area contributed by atoms with Crippen molar-refractivity contribution in [2.75, 3.05) is 26.4 Å². The van der Waals surface area contributed by atoms with Gasteiger partial charge in [0.05, 0.1) is 13.2 Å². The van der Waals surface area contributed by atoms with Crippen molar-refractivity contribution in [1.29, 1.82) is 0 Å². The zero-order chi connectivity index (χ0) is 42.6. The number of carbonyl (C=O) groups excluding carboxylic acids is 4. The number of unbranched alkanes of at least 4 members (excludes halogenated alkanes) is 20. The molecule has 57 heavy (non-hydrogen) atoms. The predicted molar refractivity (Wildman–Crippen MR) is 224 cm³/mol. The summed E-state index contributed by atoms with van der Waals surface area (Å²) < 4.78 is 44.8. The molecule has 1 N–H and O–H groups in total. The molecule has 13 heteroatoms. The van der Waals surface area contributed by atoms with Gasteiger partial charge in [-0.1, -0.05) is 170 Å². The van der Waals surface area contributed by atoms with E-state index in [4.69, 9.17) is 28.0 Å². The van der Waals surface area contributed by atoms with Crippen LogP contribution in [-0.4, -0.2) is 67.4 Å². The van der Waals surface area contributed by atoms with Gasteiger partial charge in [-0.15, -0.1) is 0 Å². The van der Waals surface area contributed by atoms with Crippen molar-refractivity contribution < 1.29 is 56.6 Å². The lowest BCUT2D eigenvalue weighted by Gasteiger charge is -2.22. The van der Waals surface area contributed by atoms with Crippen LogP contribution in [0, 0.1) is 11.8 Å². The highest BCUT2D eigenvalue weighted by molar-refractivity contribution is 7.47. The molecule has 0 bridgehead atoms. The van der Waals surface area contributed by atoms with Crippen LogP contribution in [0.3, 0.4) is 0 Å². The van der Waals surface area contributed by atoms with Gasteiger partial charge in [-0.2, -0.15) is 0 Å². The molecular formula is C44H83O12P. The van der Waals surface area contributed by atoms with Crippen molar-refractivity contribution in [2.24, 2.45) is 11.8 Å². The fourth-order valence-electron chi connectivity index (χ4n) is 6.14. The molecule has 0 aliphatic rings. The zero-order valence-corrected chi connectivity index (χ0v) is 37.8. The summed E-state index contributed by atoms with van der Waals surface area (Å²) in [5.74, 6) is -2.00. The first kappa shape index (κ1) is 55.0. The minimum absolute atomic E-state index is 0.00167. The highest BCUT2D eigenvalue weighted by Crippen LogP contribution is 2.43. The maximum absolute atomic E-state index is 12.9. The molecule has 0 aliphatic heterocycles. The Labute approximate surface area is 346 Å². The summed E-state index contributed by atoms with van der Waals surface area (Å²) in [6.45, 7) is 9.93. The Bertz CT molecular complexity index is 1070. The molecule has 0 heterocycles. The van der Waals surface area contributed by atoms with E-state index in [1.807, 2.05) is 27.7 Å². The number of esters is 4. The summed E-state index contributed by atoms with van der Waals surface area (Å²) in [5.41, 5.74) is 0. The monoisotopic (exact) mass is 835 g/mol. The molecule has 0 saturated heterocycles. The summed E-state index contributed by atoms with van der Waals surface area (Å²) >= 11 is 0. The van der Waals surface area contributed by atoms with Gasteiger partial charge in [0.2, 0.25) is 0 Å². The van der Waals surface area contributed by atoms with Crippen LogP contribution in [0.1, 0.15) is 208 Å². The highest BCUT2D eigenvalue weighted by atomic mass is 31.2. The molecule has 3 atom stereocenters. The lowest BCUT2D eigenvalue weighted by atomic mass is 10.1. The fourth-order valence-corrected chi connectivity index (χ4v) is 6.92. The lowest BCUT2D eigenvalue weighted by Crippen LogP contribution is -2.31. The van der Waals surface area contributed by atoms with E-state index in [0.717, 1.165) is 38.5 Å². The summed E-state index contributed by atoms with van der Waals surface area (Å²) in [4.78, 5) is 60.3. The molecule has 0 aliphatic carbocycles. The van der Waals surface area contributed by atoms with Crippen molar-refractivity contribution in [3.8, 4) is 0 Å². The number of ether oxygens (including phenoxy) is 4. The standard InChI is InChI=1S/C44H83O12P/c1-7-9-11-13-15-17-19-21-23-25-27-29-41(45)51-33-39(55-42(46)30-28-26-24-22-20-18-16-14-12-10-8-2)35-53-57(49,50)54-36-40(56-44(48)32-38(5)6)34-52-43(47)31-37(3)4/h37-40H,7-36H2,1-6H3,(H,49,50)/t39-,40?/m1/s1. The third kappa shape index (κ3) is 38.0. The second-order valence-corrected chi connectivity index (χ2v) is 17.9. The van der Waals surface area contributed by atoms with Crippen LogP contribution in [-0.2, 0) is 51.7 Å². The molecule has 0 aromatic heterocycles. The van der Waals surface area contributed by atoms with Gasteiger partial charge >= 0.3 is 31.7 Å². The minimum Gasteiger partial charge on any atom is -0.462 e. The first-order chi connectivity index (χ1) is 27.3. The molecule has 12 nitrogen and oxygen atoms in total. The summed E-state index contributed by atoms with van der Waals surface area (Å²) in [7, 11) is -4.78. The van der Waals surface area contributed by atoms with Gasteiger partial charge in [0.1, 0.15) is 13.2 Å². The van der Waals surface area contributed by atoms with Crippen molar-refractivity contribution >= 4 is 31.7 Å². The van der Waals surface area contributed by atoms with Gasteiger partial charge < -0.3 is 23.8 Å². The van der Waals surface area contributed by atoms with Crippen molar-refractivity contribution in [3.63, 3.8) is 0 Å². The second kappa shape index (κ2) is 37.0. The van der Waals surface area contributed by atoms with Crippen molar-refractivity contribution in [1.82, 2.24) is 0 Å². The van der Waals surface area contributed by atoms with E-state index in [1.165, 1.54) is 89.9 Å². The number of phosphoric ester groups is 1. The van der Waals surface area contributed by atoms with Crippen LogP contribution in [0.5, 0.6) is 0 Å². The van der Waals surface area contributed by atoms with Crippen LogP contribution < -0.4 is 0 Å². The van der Waals surface area contributed by atoms with E-state index in [2.05, 4.69) is 13.8 Å². The third-order valence-electron chi connectivity index (χ3n) is 9.42. The van der Waals surface area contributed by atoms with Crippen molar-refractivity contribution in [2.45, 2.75) is 221 Å². The molecule has 0 spiro atoms. The third-order valence-corrected chi connectivity index (χ3v) is 10.4. The SMILES string of the molecule is CCCCCCCCCCCCCC(=O)OC[C@H](COP(=O)(O)OCC(COC(=O)CC(C)C)OC(=O)CC(C)C)OC(=O)CCCCCCCCCCCCC. The molecule has 2 unspecified atom stereocenters. The van der Waals surface area contributed by atoms with Gasteiger partial charge in [0, 0.05) is 25.7 Å². The average molecular weight is 835 g/mol. The largest absolute Gasteiger partial charge is 0.472 e. The van der Waals surface area contributed by atoms with E-state index in [-0.39, 0.29) is 50.7 Å². The Morgan fingerprint density at radius 2 is 0.754 bits per heavy atom. The topological polar surface area (TPSA) is 161 Å². The van der Waals surface area contributed by atoms with Crippen LogP contribution in [0.4, 0.5) is 0 Å².